The van der Waals surface area contributed by atoms with Crippen LogP contribution in [0.2, 0.25) is 0 Å². The second-order valence-electron chi connectivity index (χ2n) is 4.30. The van der Waals surface area contributed by atoms with E-state index < -0.39 is 15.9 Å². The van der Waals surface area contributed by atoms with Gasteiger partial charge < -0.3 is 11.1 Å². The third kappa shape index (κ3) is 2.99. The largest absolute Gasteiger partial charge is 0.395 e. The first kappa shape index (κ1) is 12.8. The highest BCUT2D eigenvalue weighted by atomic mass is 32.2. The van der Waals surface area contributed by atoms with Crippen LogP contribution in [0.4, 0.5) is 5.69 Å². The van der Waals surface area contributed by atoms with Crippen molar-refractivity contribution in [3.63, 3.8) is 0 Å². The summed E-state index contributed by atoms with van der Waals surface area (Å²) in [6, 6.07) is 0. The first-order valence-corrected chi connectivity index (χ1v) is 7.22. The highest BCUT2D eigenvalue weighted by Crippen LogP contribution is 2.42. The molecule has 1 aromatic heterocycles. The summed E-state index contributed by atoms with van der Waals surface area (Å²) >= 11 is 0. The lowest BCUT2D eigenvalue weighted by Gasteiger charge is -2.02. The molecule has 1 aliphatic carbocycles. The van der Waals surface area contributed by atoms with Gasteiger partial charge in [-0.25, -0.2) is 13.6 Å². The number of anilines is 1. The summed E-state index contributed by atoms with van der Waals surface area (Å²) in [5, 5.41) is 13.8. The van der Waals surface area contributed by atoms with E-state index >= 15 is 0 Å². The molecule has 0 spiro atoms. The zero-order valence-corrected chi connectivity index (χ0v) is 10.5. The van der Waals surface area contributed by atoms with Gasteiger partial charge in [0, 0.05) is 12.5 Å². The van der Waals surface area contributed by atoms with Gasteiger partial charge in [0.1, 0.15) is 0 Å². The number of carbonyl (C=O) groups excluding carboxylic acids is 1. The van der Waals surface area contributed by atoms with Crippen molar-refractivity contribution in [3.05, 3.63) is 11.4 Å². The number of amides is 1. The van der Waals surface area contributed by atoms with Gasteiger partial charge in [-0.1, -0.05) is 0 Å². The Kier molecular flexibility index (Phi) is 3.26. The van der Waals surface area contributed by atoms with E-state index in [9.17, 15) is 13.2 Å². The van der Waals surface area contributed by atoms with Gasteiger partial charge in [-0.2, -0.15) is 5.10 Å². The Morgan fingerprint density at radius 3 is 2.72 bits per heavy atom. The van der Waals surface area contributed by atoms with E-state index in [0.29, 0.717) is 11.6 Å². The molecule has 1 fully saturated rings. The van der Waals surface area contributed by atoms with Crippen molar-refractivity contribution in [3.8, 4) is 0 Å². The Labute approximate surface area is 104 Å². The van der Waals surface area contributed by atoms with E-state index in [1.165, 1.54) is 0 Å². The number of sulfonamides is 1. The molecule has 1 heterocycles. The van der Waals surface area contributed by atoms with Crippen LogP contribution < -0.4 is 16.2 Å². The van der Waals surface area contributed by atoms with Crippen molar-refractivity contribution in [1.82, 2.24) is 15.5 Å². The lowest BCUT2D eigenvalue weighted by molar-refractivity contribution is 0.0952. The Morgan fingerprint density at radius 1 is 1.50 bits per heavy atom. The number of nitrogens with two attached hydrogens (primary N) is 2. The van der Waals surface area contributed by atoms with Gasteiger partial charge in [0.25, 0.3) is 5.91 Å². The van der Waals surface area contributed by atoms with Gasteiger partial charge in [-0.05, 0) is 12.8 Å². The van der Waals surface area contributed by atoms with Gasteiger partial charge in [0.05, 0.1) is 17.1 Å². The van der Waals surface area contributed by atoms with Crippen LogP contribution in [0.1, 0.15) is 34.9 Å². The SMILES string of the molecule is Nc1c(C(=O)NCCS(N)(=O)=O)n[nH]c1C1CC1. The molecule has 1 amide bonds. The molecule has 0 atom stereocenters. The van der Waals surface area contributed by atoms with Crippen molar-refractivity contribution in [2.75, 3.05) is 18.0 Å². The molecule has 18 heavy (non-hydrogen) atoms. The summed E-state index contributed by atoms with van der Waals surface area (Å²) < 4.78 is 21.4. The number of aromatic amines is 1. The number of H-pyrrole nitrogens is 1. The molecule has 1 aromatic rings. The molecule has 1 saturated carbocycles. The van der Waals surface area contributed by atoms with Crippen molar-refractivity contribution in [1.29, 1.82) is 0 Å². The first-order valence-electron chi connectivity index (χ1n) is 5.51. The van der Waals surface area contributed by atoms with E-state index in [1.807, 2.05) is 0 Å². The molecule has 9 heteroatoms. The fourth-order valence-corrected chi connectivity index (χ4v) is 2.00. The van der Waals surface area contributed by atoms with Crippen LogP contribution in [0.15, 0.2) is 0 Å². The number of carbonyl (C=O) groups is 1. The lowest BCUT2D eigenvalue weighted by Crippen LogP contribution is -2.32. The van der Waals surface area contributed by atoms with E-state index in [4.69, 9.17) is 10.9 Å². The number of hydrogen-bond donors (Lipinski definition) is 4. The first-order chi connectivity index (χ1) is 8.38. The zero-order chi connectivity index (χ0) is 13.3. The van der Waals surface area contributed by atoms with Crippen LogP contribution in [0, 0.1) is 0 Å². The fourth-order valence-electron chi connectivity index (χ4n) is 1.61. The number of hydrogen-bond acceptors (Lipinski definition) is 5. The molecule has 0 radical (unpaired) electrons. The third-order valence-electron chi connectivity index (χ3n) is 2.71. The maximum absolute atomic E-state index is 11.7. The van der Waals surface area contributed by atoms with Crippen LogP contribution >= 0.6 is 0 Å². The summed E-state index contributed by atoms with van der Waals surface area (Å²) in [5.74, 6) is -0.457. The van der Waals surface area contributed by atoms with Crippen LogP contribution in [-0.2, 0) is 10.0 Å². The molecule has 100 valence electrons. The average molecular weight is 273 g/mol. The summed E-state index contributed by atoms with van der Waals surface area (Å²) in [6.45, 7) is -0.0667. The van der Waals surface area contributed by atoms with Crippen LogP contribution in [0.25, 0.3) is 0 Å². The maximum atomic E-state index is 11.7. The zero-order valence-electron chi connectivity index (χ0n) is 9.64. The fraction of sp³-hybridized carbons (Fsp3) is 0.556. The third-order valence-corrected chi connectivity index (χ3v) is 3.48. The molecule has 0 unspecified atom stereocenters. The average Bonchev–Trinajstić information content (AvgIpc) is 3.00. The van der Waals surface area contributed by atoms with E-state index in [1.54, 1.807) is 0 Å². The predicted molar refractivity (Wildman–Crippen MR) is 65.3 cm³/mol. The minimum Gasteiger partial charge on any atom is -0.395 e. The van der Waals surface area contributed by atoms with Crippen molar-refractivity contribution >= 4 is 21.6 Å². The van der Waals surface area contributed by atoms with E-state index in [0.717, 1.165) is 18.5 Å². The quantitative estimate of drug-likeness (QED) is 0.537. The second kappa shape index (κ2) is 4.58. The molecular formula is C9H15N5O3S. The van der Waals surface area contributed by atoms with Gasteiger partial charge in [-0.15, -0.1) is 0 Å². The van der Waals surface area contributed by atoms with E-state index in [-0.39, 0.29) is 18.0 Å². The molecule has 2 rings (SSSR count). The minimum atomic E-state index is -3.58. The summed E-state index contributed by atoms with van der Waals surface area (Å²) in [7, 11) is -3.58. The summed E-state index contributed by atoms with van der Waals surface area (Å²) in [4.78, 5) is 11.7. The Morgan fingerprint density at radius 2 is 2.17 bits per heavy atom. The standard InChI is InChI=1S/C9H15N5O3S/c10-6-7(5-1-2-5)13-14-8(6)9(15)12-3-4-18(11,16)17/h5H,1-4,10H2,(H,12,15)(H,13,14)(H2,11,16,17). The normalized spacial score (nSPS) is 15.6. The van der Waals surface area contributed by atoms with Crippen molar-refractivity contribution in [2.45, 2.75) is 18.8 Å². The van der Waals surface area contributed by atoms with E-state index in [2.05, 4.69) is 15.5 Å². The van der Waals surface area contributed by atoms with Gasteiger partial charge in [0.15, 0.2) is 5.69 Å². The van der Waals surface area contributed by atoms with Gasteiger partial charge in [0.2, 0.25) is 10.0 Å². The molecule has 8 nitrogen and oxygen atoms in total. The minimum absolute atomic E-state index is 0.0667. The Hall–Kier alpha value is -1.61. The van der Waals surface area contributed by atoms with Crippen LogP contribution in [0.3, 0.4) is 0 Å². The Balaban J connectivity index is 1.96. The van der Waals surface area contributed by atoms with Crippen LogP contribution in [0.5, 0.6) is 0 Å². The molecule has 0 aromatic carbocycles. The highest BCUT2D eigenvalue weighted by Gasteiger charge is 2.30. The number of aromatic nitrogens is 2. The lowest BCUT2D eigenvalue weighted by atomic mass is 10.2. The smallest absolute Gasteiger partial charge is 0.273 e. The van der Waals surface area contributed by atoms with Gasteiger partial charge >= 0.3 is 0 Å². The second-order valence-corrected chi connectivity index (χ2v) is 6.03. The van der Waals surface area contributed by atoms with Crippen molar-refractivity contribution < 1.29 is 13.2 Å². The maximum Gasteiger partial charge on any atom is 0.273 e. The highest BCUT2D eigenvalue weighted by molar-refractivity contribution is 7.89. The number of primary sulfonamides is 1. The van der Waals surface area contributed by atoms with Gasteiger partial charge in [-0.3, -0.25) is 9.89 Å². The number of nitrogens with zero attached hydrogens (tertiary/aromatic N) is 1. The molecule has 1 aliphatic rings. The number of rotatable bonds is 5. The summed E-state index contributed by atoms with van der Waals surface area (Å²) in [5.41, 5.74) is 7.03. The molecule has 0 aliphatic heterocycles. The summed E-state index contributed by atoms with van der Waals surface area (Å²) in [6.07, 6.45) is 2.08. The number of nitrogens with one attached hydrogen (secondary N) is 2. The van der Waals surface area contributed by atoms with Crippen molar-refractivity contribution in [2.24, 2.45) is 5.14 Å². The van der Waals surface area contributed by atoms with Crippen LogP contribution in [-0.4, -0.2) is 36.8 Å². The number of nitrogen functional groups attached to an aromatic ring is 1. The Bertz CT molecular complexity index is 561. The predicted octanol–water partition coefficient (Wildman–Crippen LogP) is -1.11. The molecule has 6 N–H and O–H groups in total. The molecular weight excluding hydrogens is 258 g/mol. The topological polar surface area (TPSA) is 144 Å². The molecule has 0 bridgehead atoms. The molecule has 0 saturated heterocycles. The monoisotopic (exact) mass is 273 g/mol.